The molecule has 2 aromatic carbocycles. The van der Waals surface area contributed by atoms with Crippen molar-refractivity contribution < 1.29 is 0 Å². The first-order chi connectivity index (χ1) is 9.70. The van der Waals surface area contributed by atoms with Gasteiger partial charge in [0.15, 0.2) is 5.11 Å². The minimum atomic E-state index is 0.479. The molecule has 100 valence electrons. The number of hydrogen-bond donors (Lipinski definition) is 3. The third-order valence-electron chi connectivity index (χ3n) is 3.27. The lowest BCUT2D eigenvalue weighted by atomic mass is 10.1. The first-order valence-electron chi connectivity index (χ1n) is 6.26. The van der Waals surface area contributed by atoms with E-state index in [1.54, 1.807) is 7.05 Å². The quantitative estimate of drug-likeness (QED) is 0.363. The third kappa shape index (κ3) is 2.02. The van der Waals surface area contributed by atoms with Crippen LogP contribution in [0, 0.1) is 0 Å². The molecule has 1 aliphatic carbocycles. The van der Waals surface area contributed by atoms with E-state index in [9.17, 15) is 0 Å². The predicted molar refractivity (Wildman–Crippen MR) is 86.7 cm³/mol. The zero-order chi connectivity index (χ0) is 14.1. The van der Waals surface area contributed by atoms with E-state index >= 15 is 0 Å². The summed E-state index contributed by atoms with van der Waals surface area (Å²) in [5.41, 5.74) is 14.7. The summed E-state index contributed by atoms with van der Waals surface area (Å²) in [5.74, 6) is 0. The van der Waals surface area contributed by atoms with Crippen LogP contribution < -0.4 is 16.5 Å². The second-order valence-corrected chi connectivity index (χ2v) is 4.91. The standard InChI is InChI=1S/C15H14N4S/c1-17-15(20)19-18-14-12-5-3-2-4-10(12)11-7-6-9(16)8-13(11)14/h2-8H,16H2,1H3,(H2,17,19,20)/b18-14-. The van der Waals surface area contributed by atoms with Crippen molar-refractivity contribution in [3.8, 4) is 11.1 Å². The Labute approximate surface area is 122 Å². The monoisotopic (exact) mass is 282 g/mol. The van der Waals surface area contributed by atoms with E-state index in [0.717, 1.165) is 28.1 Å². The van der Waals surface area contributed by atoms with E-state index in [1.807, 2.05) is 30.3 Å². The number of benzene rings is 2. The Bertz CT molecular complexity index is 722. The summed E-state index contributed by atoms with van der Waals surface area (Å²) < 4.78 is 0. The van der Waals surface area contributed by atoms with Crippen LogP contribution in [0.1, 0.15) is 11.1 Å². The van der Waals surface area contributed by atoms with Crippen LogP contribution in [0.25, 0.3) is 11.1 Å². The number of nitrogens with one attached hydrogen (secondary N) is 2. The van der Waals surface area contributed by atoms with E-state index < -0.39 is 0 Å². The summed E-state index contributed by atoms with van der Waals surface area (Å²) in [7, 11) is 1.75. The van der Waals surface area contributed by atoms with Crippen LogP contribution in [0.2, 0.25) is 0 Å². The molecule has 0 bridgehead atoms. The second kappa shape index (κ2) is 4.94. The fourth-order valence-electron chi connectivity index (χ4n) is 2.35. The maximum Gasteiger partial charge on any atom is 0.186 e. The highest BCUT2D eigenvalue weighted by molar-refractivity contribution is 7.80. The number of anilines is 1. The lowest BCUT2D eigenvalue weighted by molar-refractivity contribution is 0.977. The van der Waals surface area contributed by atoms with E-state index in [4.69, 9.17) is 18.0 Å². The zero-order valence-corrected chi connectivity index (χ0v) is 11.8. The van der Waals surface area contributed by atoms with Crippen molar-refractivity contribution >= 4 is 28.7 Å². The molecule has 0 amide bonds. The molecule has 4 nitrogen and oxygen atoms in total. The molecule has 0 heterocycles. The largest absolute Gasteiger partial charge is 0.399 e. The van der Waals surface area contributed by atoms with E-state index in [0.29, 0.717) is 5.11 Å². The van der Waals surface area contributed by atoms with Gasteiger partial charge in [0.2, 0.25) is 0 Å². The van der Waals surface area contributed by atoms with Crippen LogP contribution in [0.15, 0.2) is 47.6 Å². The van der Waals surface area contributed by atoms with Gasteiger partial charge >= 0.3 is 0 Å². The van der Waals surface area contributed by atoms with Crippen molar-refractivity contribution in [1.29, 1.82) is 0 Å². The normalized spacial score (nSPS) is 13.8. The first-order valence-corrected chi connectivity index (χ1v) is 6.66. The molecule has 0 atom stereocenters. The maximum atomic E-state index is 5.90. The highest BCUT2D eigenvalue weighted by atomic mass is 32.1. The molecule has 0 radical (unpaired) electrons. The number of nitrogens with two attached hydrogens (primary N) is 1. The van der Waals surface area contributed by atoms with Gasteiger partial charge in [0.1, 0.15) is 0 Å². The average Bonchev–Trinajstić information content (AvgIpc) is 2.78. The Morgan fingerprint density at radius 1 is 1.05 bits per heavy atom. The molecule has 5 heteroatoms. The number of fused-ring (bicyclic) bond motifs is 3. The fraction of sp³-hybridized carbons (Fsp3) is 0.0667. The van der Waals surface area contributed by atoms with Crippen molar-refractivity contribution in [3.05, 3.63) is 53.6 Å². The molecule has 2 aromatic rings. The second-order valence-electron chi connectivity index (χ2n) is 4.50. The smallest absolute Gasteiger partial charge is 0.186 e. The minimum Gasteiger partial charge on any atom is -0.399 e. The third-order valence-corrected chi connectivity index (χ3v) is 3.56. The van der Waals surface area contributed by atoms with Gasteiger partial charge in [0.05, 0.1) is 5.71 Å². The SMILES string of the molecule is CNC(=S)N/N=C1/c2ccccc2-c2ccc(N)cc21. The van der Waals surface area contributed by atoms with Crippen LogP contribution >= 0.6 is 12.2 Å². The molecule has 0 aliphatic heterocycles. The van der Waals surface area contributed by atoms with E-state index in [2.05, 4.69) is 28.0 Å². The molecule has 0 aromatic heterocycles. The Hall–Kier alpha value is -2.40. The number of nitrogens with zero attached hydrogens (tertiary/aromatic N) is 1. The average molecular weight is 282 g/mol. The summed E-state index contributed by atoms with van der Waals surface area (Å²) in [6, 6.07) is 14.0. The molecule has 1 aliphatic rings. The molecular formula is C15H14N4S. The van der Waals surface area contributed by atoms with Gasteiger partial charge in [0.25, 0.3) is 0 Å². The summed E-state index contributed by atoms with van der Waals surface area (Å²) in [5, 5.41) is 7.74. The molecule has 0 spiro atoms. The maximum absolute atomic E-state index is 5.90. The number of thiocarbonyl (C=S) groups is 1. The highest BCUT2D eigenvalue weighted by Crippen LogP contribution is 2.37. The first kappa shape index (κ1) is 12.6. The van der Waals surface area contributed by atoms with Gasteiger partial charge in [-0.05, 0) is 35.5 Å². The fourth-order valence-corrected chi connectivity index (χ4v) is 2.39. The van der Waals surface area contributed by atoms with Crippen molar-refractivity contribution in [3.63, 3.8) is 0 Å². The number of hydrogen-bond acceptors (Lipinski definition) is 3. The molecule has 4 N–H and O–H groups in total. The lowest BCUT2D eigenvalue weighted by Crippen LogP contribution is -2.29. The Morgan fingerprint density at radius 3 is 2.50 bits per heavy atom. The van der Waals surface area contributed by atoms with Gasteiger partial charge in [-0.3, -0.25) is 5.43 Å². The highest BCUT2D eigenvalue weighted by Gasteiger charge is 2.24. The summed E-state index contributed by atoms with van der Waals surface area (Å²) in [4.78, 5) is 0. The van der Waals surface area contributed by atoms with Gasteiger partial charge in [-0.25, -0.2) is 0 Å². The number of rotatable bonds is 1. The van der Waals surface area contributed by atoms with Crippen molar-refractivity contribution in [2.45, 2.75) is 0 Å². The minimum absolute atomic E-state index is 0.479. The van der Waals surface area contributed by atoms with Gasteiger partial charge in [0, 0.05) is 23.9 Å². The summed E-state index contributed by atoms with van der Waals surface area (Å²) >= 11 is 5.06. The number of hydrazone groups is 1. The molecule has 3 rings (SSSR count). The van der Waals surface area contributed by atoms with Crippen LogP contribution in [-0.2, 0) is 0 Å². The van der Waals surface area contributed by atoms with Crippen LogP contribution in [0.4, 0.5) is 5.69 Å². The Morgan fingerprint density at radius 2 is 1.75 bits per heavy atom. The molecule has 0 unspecified atom stereocenters. The molecule has 20 heavy (non-hydrogen) atoms. The molecular weight excluding hydrogens is 268 g/mol. The number of nitrogen functional groups attached to an aromatic ring is 1. The summed E-state index contributed by atoms with van der Waals surface area (Å²) in [6.45, 7) is 0. The van der Waals surface area contributed by atoms with Crippen molar-refractivity contribution in [1.82, 2.24) is 10.7 Å². The topological polar surface area (TPSA) is 62.4 Å². The molecule has 0 fully saturated rings. The van der Waals surface area contributed by atoms with Crippen molar-refractivity contribution in [2.24, 2.45) is 5.10 Å². The van der Waals surface area contributed by atoms with Crippen molar-refractivity contribution in [2.75, 3.05) is 12.8 Å². The predicted octanol–water partition coefficient (Wildman–Crippen LogP) is 2.10. The van der Waals surface area contributed by atoms with Gasteiger partial charge in [-0.2, -0.15) is 5.10 Å². The molecule has 0 saturated heterocycles. The van der Waals surface area contributed by atoms with Gasteiger partial charge in [-0.1, -0.05) is 30.3 Å². The van der Waals surface area contributed by atoms with E-state index in [1.165, 1.54) is 5.56 Å². The van der Waals surface area contributed by atoms with Gasteiger partial charge in [-0.15, -0.1) is 0 Å². The zero-order valence-electron chi connectivity index (χ0n) is 11.0. The van der Waals surface area contributed by atoms with Crippen LogP contribution in [0.5, 0.6) is 0 Å². The van der Waals surface area contributed by atoms with Gasteiger partial charge < -0.3 is 11.1 Å². The lowest BCUT2D eigenvalue weighted by Gasteiger charge is -2.05. The van der Waals surface area contributed by atoms with E-state index in [-0.39, 0.29) is 0 Å². The van der Waals surface area contributed by atoms with Crippen LogP contribution in [0.3, 0.4) is 0 Å². The Kier molecular flexibility index (Phi) is 3.12. The summed E-state index contributed by atoms with van der Waals surface area (Å²) in [6.07, 6.45) is 0. The molecule has 0 saturated carbocycles. The van der Waals surface area contributed by atoms with Crippen LogP contribution in [-0.4, -0.2) is 17.9 Å². The Balaban J connectivity index is 2.15.